The third kappa shape index (κ3) is 10.8. The molecule has 1 heteroatoms. The van der Waals surface area contributed by atoms with Crippen LogP contribution in [0.15, 0.2) is 0 Å². The molecule has 0 aliphatic heterocycles. The summed E-state index contributed by atoms with van der Waals surface area (Å²) in [7, 11) is 0. The van der Waals surface area contributed by atoms with Gasteiger partial charge in [-0.1, -0.05) is 34.1 Å². The molecule has 0 amide bonds. The second-order valence-corrected chi connectivity index (χ2v) is 2.91. The number of hydrogen-bond donors (Lipinski definition) is 0. The van der Waals surface area contributed by atoms with Crippen molar-refractivity contribution in [2.75, 3.05) is 0 Å². The number of hydrogen-bond acceptors (Lipinski definition) is 0. The summed E-state index contributed by atoms with van der Waals surface area (Å²) in [5, 5.41) is 0. The maximum Gasteiger partial charge on any atom is 0 e. The minimum absolute atomic E-state index is 0. The summed E-state index contributed by atoms with van der Waals surface area (Å²) in [6, 6.07) is 0. The molecule has 0 radical (unpaired) electrons. The molecule has 0 aromatic heterocycles. The Hall–Kier alpha value is 0.623. The van der Waals surface area contributed by atoms with Crippen LogP contribution in [0.4, 0.5) is 0 Å². The van der Waals surface area contributed by atoms with Crippen LogP contribution < -0.4 is 0 Å². The minimum atomic E-state index is 0. The predicted molar refractivity (Wildman–Crippen MR) is 29.7 cm³/mol. The first-order chi connectivity index (χ1) is 2.56. The van der Waals surface area contributed by atoms with E-state index in [-0.39, 0.29) is 19.5 Å². The van der Waals surface area contributed by atoms with Gasteiger partial charge in [-0.2, -0.15) is 0 Å². The average Bonchev–Trinajstić information content (AvgIpc) is 1.35. The average molecular weight is 187 g/mol. The third-order valence-corrected chi connectivity index (χ3v) is 1.06. The topological polar surface area (TPSA) is 0 Å². The Morgan fingerprint density at radius 1 is 1.14 bits per heavy atom. The van der Waals surface area contributed by atoms with Crippen LogP contribution in [0.25, 0.3) is 0 Å². The van der Waals surface area contributed by atoms with Gasteiger partial charge in [0, 0.05) is 19.5 Å². The van der Waals surface area contributed by atoms with E-state index >= 15 is 0 Å². The quantitative estimate of drug-likeness (QED) is 0.511. The van der Waals surface area contributed by atoms with E-state index in [1.165, 1.54) is 6.42 Å². The second kappa shape index (κ2) is 3.60. The molecule has 0 atom stereocenters. The molecule has 0 saturated carbocycles. The summed E-state index contributed by atoms with van der Waals surface area (Å²) in [4.78, 5) is 0. The molecule has 0 fully saturated rings. The van der Waals surface area contributed by atoms with Crippen LogP contribution in [-0.2, 0) is 19.5 Å². The van der Waals surface area contributed by atoms with Gasteiger partial charge in [0.1, 0.15) is 0 Å². The van der Waals surface area contributed by atoms with Crippen LogP contribution in [0.1, 0.15) is 34.1 Å². The summed E-state index contributed by atoms with van der Waals surface area (Å²) in [5.41, 5.74) is 0.542. The molecule has 0 rings (SSSR count). The van der Waals surface area contributed by atoms with E-state index in [4.69, 9.17) is 0 Å². The van der Waals surface area contributed by atoms with Crippen molar-refractivity contribution in [1.29, 1.82) is 0 Å². The Morgan fingerprint density at radius 2 is 1.29 bits per heavy atom. The van der Waals surface area contributed by atoms with E-state index in [9.17, 15) is 0 Å². The first kappa shape index (κ1) is 10.6. The van der Waals surface area contributed by atoms with Crippen LogP contribution in [0, 0.1) is 5.41 Å². The molecule has 0 N–H and O–H groups in total. The standard InChI is InChI=1S/C6H14.Ru/c1-5-6(2,3)4;/h5H2,1-4H3;. The third-order valence-electron chi connectivity index (χ3n) is 1.06. The van der Waals surface area contributed by atoms with Gasteiger partial charge in [-0.3, -0.25) is 0 Å². The van der Waals surface area contributed by atoms with E-state index in [1.54, 1.807) is 0 Å². The maximum atomic E-state index is 2.24. The molecule has 7 heavy (non-hydrogen) atoms. The normalized spacial score (nSPS) is 10.3. The van der Waals surface area contributed by atoms with Gasteiger partial charge in [-0.15, -0.1) is 0 Å². The molecule has 46 valence electrons. The monoisotopic (exact) mass is 188 g/mol. The first-order valence-electron chi connectivity index (χ1n) is 2.56. The molecule has 0 unspecified atom stereocenters. The van der Waals surface area contributed by atoms with Crippen LogP contribution in [0.3, 0.4) is 0 Å². The van der Waals surface area contributed by atoms with E-state index in [2.05, 4.69) is 27.7 Å². The Labute approximate surface area is 59.4 Å². The van der Waals surface area contributed by atoms with Gasteiger partial charge < -0.3 is 0 Å². The zero-order valence-electron chi connectivity index (χ0n) is 5.56. The predicted octanol–water partition coefficient (Wildman–Crippen LogP) is 2.44. The van der Waals surface area contributed by atoms with Crippen molar-refractivity contribution in [3.05, 3.63) is 0 Å². The van der Waals surface area contributed by atoms with Gasteiger partial charge in [0.05, 0.1) is 0 Å². The van der Waals surface area contributed by atoms with Crippen molar-refractivity contribution >= 4 is 0 Å². The molecular weight excluding hydrogens is 173 g/mol. The molecule has 0 aromatic rings. The first-order valence-corrected chi connectivity index (χ1v) is 2.56. The van der Waals surface area contributed by atoms with Crippen molar-refractivity contribution in [3.63, 3.8) is 0 Å². The molecular formula is C6H14Ru. The van der Waals surface area contributed by atoms with E-state index in [1.807, 2.05) is 0 Å². The largest absolute Gasteiger partial charge is 0.0649 e. The molecule has 0 aliphatic carbocycles. The van der Waals surface area contributed by atoms with Gasteiger partial charge in [0.25, 0.3) is 0 Å². The smallest absolute Gasteiger partial charge is 0 e. The Balaban J connectivity index is 0. The summed E-state index contributed by atoms with van der Waals surface area (Å²) >= 11 is 0. The summed E-state index contributed by atoms with van der Waals surface area (Å²) in [6.07, 6.45) is 1.27. The van der Waals surface area contributed by atoms with Gasteiger partial charge in [-0.05, 0) is 5.41 Å². The van der Waals surface area contributed by atoms with Crippen molar-refractivity contribution in [2.24, 2.45) is 5.41 Å². The zero-order valence-corrected chi connectivity index (χ0v) is 7.30. The number of rotatable bonds is 0. The molecule has 0 aliphatic rings. The van der Waals surface area contributed by atoms with Crippen LogP contribution in [-0.4, -0.2) is 0 Å². The van der Waals surface area contributed by atoms with Crippen LogP contribution in [0.2, 0.25) is 0 Å². The summed E-state index contributed by atoms with van der Waals surface area (Å²) < 4.78 is 0. The molecule has 0 saturated heterocycles. The molecule has 0 aromatic carbocycles. The second-order valence-electron chi connectivity index (χ2n) is 2.91. The van der Waals surface area contributed by atoms with E-state index in [0.29, 0.717) is 5.41 Å². The van der Waals surface area contributed by atoms with Gasteiger partial charge in [-0.25, -0.2) is 0 Å². The van der Waals surface area contributed by atoms with Gasteiger partial charge >= 0.3 is 0 Å². The maximum absolute atomic E-state index is 2.24. The van der Waals surface area contributed by atoms with Crippen molar-refractivity contribution < 1.29 is 19.5 Å². The summed E-state index contributed by atoms with van der Waals surface area (Å²) in [5.74, 6) is 0. The Morgan fingerprint density at radius 3 is 1.29 bits per heavy atom. The Kier molecular flexibility index (Phi) is 5.44. The van der Waals surface area contributed by atoms with Crippen LogP contribution >= 0.6 is 0 Å². The van der Waals surface area contributed by atoms with Crippen LogP contribution in [0.5, 0.6) is 0 Å². The van der Waals surface area contributed by atoms with Gasteiger partial charge in [0.15, 0.2) is 0 Å². The SMILES string of the molecule is CCC(C)(C)C.[Ru]. The molecule has 0 spiro atoms. The summed E-state index contributed by atoms with van der Waals surface area (Å²) in [6.45, 7) is 8.94. The van der Waals surface area contributed by atoms with E-state index in [0.717, 1.165) is 0 Å². The van der Waals surface area contributed by atoms with E-state index < -0.39 is 0 Å². The van der Waals surface area contributed by atoms with Crippen molar-refractivity contribution in [3.8, 4) is 0 Å². The fraction of sp³-hybridized carbons (Fsp3) is 1.00. The fourth-order valence-electron chi connectivity index (χ4n) is 0. The van der Waals surface area contributed by atoms with Crippen molar-refractivity contribution in [2.45, 2.75) is 34.1 Å². The Bertz CT molecular complexity index is 33.9. The molecule has 0 heterocycles. The zero-order chi connectivity index (χ0) is 5.21. The minimum Gasteiger partial charge on any atom is -0.0649 e. The fourth-order valence-corrected chi connectivity index (χ4v) is 0. The molecule has 0 bridgehead atoms. The van der Waals surface area contributed by atoms with Crippen molar-refractivity contribution in [1.82, 2.24) is 0 Å². The van der Waals surface area contributed by atoms with Gasteiger partial charge in [0.2, 0.25) is 0 Å². The molecule has 0 nitrogen and oxygen atoms in total.